The number of alkyl halides is 1. The number of halogens is 1. The van der Waals surface area contributed by atoms with Gasteiger partial charge in [0.1, 0.15) is 30.6 Å². The van der Waals surface area contributed by atoms with Gasteiger partial charge in [-0.15, -0.1) is 5.10 Å². The molecular formula is C38H47FN8O7. The highest BCUT2D eigenvalue weighted by Gasteiger charge is 2.42. The summed E-state index contributed by atoms with van der Waals surface area (Å²) in [7, 11) is 0. The van der Waals surface area contributed by atoms with Gasteiger partial charge in [-0.05, 0) is 55.5 Å². The second-order valence-electron chi connectivity index (χ2n) is 13.9. The van der Waals surface area contributed by atoms with Crippen molar-refractivity contribution in [2.24, 2.45) is 16.8 Å². The first-order chi connectivity index (χ1) is 26.0. The summed E-state index contributed by atoms with van der Waals surface area (Å²) < 4.78 is 28.0. The van der Waals surface area contributed by atoms with E-state index in [1.54, 1.807) is 54.5 Å². The Labute approximate surface area is 313 Å². The Hall–Kier alpha value is -5.54. The molecule has 5 rings (SSSR count). The van der Waals surface area contributed by atoms with E-state index < -0.39 is 53.8 Å². The topological polar surface area (TPSA) is 187 Å². The first-order valence-corrected chi connectivity index (χ1v) is 18.2. The largest absolute Gasteiger partial charge is 0.478 e. The van der Waals surface area contributed by atoms with Crippen LogP contribution in [0.15, 0.2) is 71.7 Å². The van der Waals surface area contributed by atoms with Crippen LogP contribution in [0.2, 0.25) is 0 Å². The van der Waals surface area contributed by atoms with Crippen LogP contribution in [-0.2, 0) is 40.0 Å². The lowest BCUT2D eigenvalue weighted by atomic mass is 9.89. The minimum Gasteiger partial charge on any atom is -0.478 e. The molecular weight excluding hydrogens is 699 g/mol. The molecule has 3 aliphatic rings. The van der Waals surface area contributed by atoms with Crippen molar-refractivity contribution in [3.63, 3.8) is 0 Å². The third-order valence-corrected chi connectivity index (χ3v) is 9.19. The van der Waals surface area contributed by atoms with E-state index in [0.717, 1.165) is 5.56 Å². The zero-order chi connectivity index (χ0) is 38.6. The number of nitrogens with zero attached hydrogens (tertiary/aromatic N) is 6. The summed E-state index contributed by atoms with van der Waals surface area (Å²) in [6.45, 7) is 6.30. The van der Waals surface area contributed by atoms with Gasteiger partial charge in [0.15, 0.2) is 17.7 Å². The molecule has 15 nitrogen and oxygen atoms in total. The molecule has 3 amide bonds. The van der Waals surface area contributed by atoms with Crippen LogP contribution >= 0.6 is 0 Å². The highest BCUT2D eigenvalue weighted by atomic mass is 19.1. The molecule has 1 fully saturated rings. The lowest BCUT2D eigenvalue weighted by molar-refractivity contribution is -0.162. The van der Waals surface area contributed by atoms with Crippen LogP contribution in [0, 0.1) is 11.8 Å². The molecule has 0 aromatic carbocycles. The average molecular weight is 747 g/mol. The molecule has 2 aromatic rings. The highest BCUT2D eigenvalue weighted by Crippen LogP contribution is 2.27. The summed E-state index contributed by atoms with van der Waals surface area (Å²) in [6, 6.07) is 1.82. The van der Waals surface area contributed by atoms with Gasteiger partial charge in [0.05, 0.1) is 19.2 Å². The molecule has 0 saturated carbocycles. The number of aromatic nitrogens is 4. The molecule has 2 aromatic heterocycles. The van der Waals surface area contributed by atoms with Crippen LogP contribution in [0.25, 0.3) is 11.3 Å². The molecule has 2 N–H and O–H groups in total. The zero-order valence-corrected chi connectivity index (χ0v) is 30.7. The Balaban J connectivity index is 1.31. The third kappa shape index (κ3) is 11.2. The van der Waals surface area contributed by atoms with E-state index in [-0.39, 0.29) is 56.7 Å². The Kier molecular flexibility index (Phi) is 13.9. The number of cyclic esters (lactones) is 1. The van der Waals surface area contributed by atoms with Crippen molar-refractivity contribution >= 4 is 35.4 Å². The van der Waals surface area contributed by atoms with Crippen molar-refractivity contribution in [1.82, 2.24) is 35.5 Å². The molecule has 0 aliphatic carbocycles. The summed E-state index contributed by atoms with van der Waals surface area (Å²) in [6.07, 6.45) is 10.3. The molecule has 1 unspecified atom stereocenters. The van der Waals surface area contributed by atoms with Gasteiger partial charge in [0, 0.05) is 56.4 Å². The van der Waals surface area contributed by atoms with E-state index in [1.165, 1.54) is 17.1 Å². The van der Waals surface area contributed by atoms with Gasteiger partial charge in [0.25, 0.3) is 5.91 Å². The second-order valence-corrected chi connectivity index (χ2v) is 13.9. The maximum Gasteiger partial charge on any atom is 0.329 e. The summed E-state index contributed by atoms with van der Waals surface area (Å²) in [4.78, 5) is 75.8. The molecule has 2 bridgehead atoms. The third-order valence-electron chi connectivity index (χ3n) is 9.19. The number of esters is 1. The van der Waals surface area contributed by atoms with E-state index in [1.807, 2.05) is 19.9 Å². The summed E-state index contributed by atoms with van der Waals surface area (Å²) in [5.74, 6) is -3.20. The number of fused-ring (bicyclic) bond motifs is 2. The van der Waals surface area contributed by atoms with Crippen LogP contribution in [0.5, 0.6) is 0 Å². The molecule has 54 heavy (non-hydrogen) atoms. The van der Waals surface area contributed by atoms with E-state index in [9.17, 15) is 28.4 Å². The number of carbonyl (C=O) groups is 5. The van der Waals surface area contributed by atoms with Crippen molar-refractivity contribution in [2.75, 3.05) is 26.2 Å². The maximum absolute atomic E-state index is 14.8. The molecule has 5 atom stereocenters. The van der Waals surface area contributed by atoms with Gasteiger partial charge in [0.2, 0.25) is 11.8 Å². The SMILES string of the molecule is CC1=C\C(=O)C[C@@H](F)CC2=NC(CO2)C(=O)N2CCC[C@@H]2C(=O)O[C@H](C(C)C)[C@H](CC(=O)NCCn2cc(-c3cccnc3)nn2)/C=C/C(=O)NC\C=C\1. The Morgan fingerprint density at radius 3 is 2.78 bits per heavy atom. The van der Waals surface area contributed by atoms with Crippen LogP contribution in [0.4, 0.5) is 4.39 Å². The molecule has 0 spiro atoms. The Morgan fingerprint density at radius 1 is 1.17 bits per heavy atom. The van der Waals surface area contributed by atoms with Crippen molar-refractivity contribution < 1.29 is 37.8 Å². The molecule has 0 radical (unpaired) electrons. The number of ketones is 1. The van der Waals surface area contributed by atoms with Crippen molar-refractivity contribution in [3.8, 4) is 11.3 Å². The second kappa shape index (κ2) is 19.0. The number of aliphatic imine (C=N–C) groups is 1. The average Bonchev–Trinajstić information content (AvgIpc) is 3.92. The first kappa shape index (κ1) is 39.7. The minimum absolute atomic E-state index is 0.0465. The fourth-order valence-corrected chi connectivity index (χ4v) is 6.52. The number of ether oxygens (including phenoxy) is 2. The van der Waals surface area contributed by atoms with Crippen LogP contribution < -0.4 is 10.6 Å². The van der Waals surface area contributed by atoms with Gasteiger partial charge >= 0.3 is 5.97 Å². The molecule has 5 heterocycles. The van der Waals surface area contributed by atoms with E-state index in [0.29, 0.717) is 37.2 Å². The lowest BCUT2D eigenvalue weighted by Crippen LogP contribution is -2.47. The van der Waals surface area contributed by atoms with Gasteiger partial charge in [-0.2, -0.15) is 0 Å². The number of amides is 3. The molecule has 288 valence electrons. The number of hydrogen-bond donors (Lipinski definition) is 2. The van der Waals surface area contributed by atoms with E-state index >= 15 is 0 Å². The van der Waals surface area contributed by atoms with Gasteiger partial charge in [-0.25, -0.2) is 14.2 Å². The van der Waals surface area contributed by atoms with Crippen molar-refractivity contribution in [3.05, 3.63) is 66.7 Å². The van der Waals surface area contributed by atoms with Crippen molar-refractivity contribution in [1.29, 1.82) is 0 Å². The van der Waals surface area contributed by atoms with E-state index in [2.05, 4.69) is 30.9 Å². The van der Waals surface area contributed by atoms with Crippen molar-refractivity contribution in [2.45, 2.75) is 83.8 Å². The molecule has 16 heteroatoms. The standard InChI is InChI=1S/C38H47FN8O7/c1-24(2)36-26(18-34(50)42-14-16-46-22-30(44-45-46)27-8-5-12-40-21-27)10-11-33(49)41-13-4-7-25(3)17-29(48)19-28(39)20-35-43-31(23-53-35)37(51)47-15-6-9-32(47)38(52)54-36/h4-5,7-8,10-12,17,21-22,24,26,28,31-32,36H,6,9,13-16,18-20,23H2,1-3H3,(H,41,49)(H,42,50)/b7-4+,11-10+,25-17+/t26-,28+,31?,32+,36+/m0/s1. The van der Waals surface area contributed by atoms with Crippen LogP contribution in [0.1, 0.15) is 52.9 Å². The molecule has 3 aliphatic heterocycles. The summed E-state index contributed by atoms with van der Waals surface area (Å²) >= 11 is 0. The zero-order valence-electron chi connectivity index (χ0n) is 30.7. The lowest BCUT2D eigenvalue weighted by Gasteiger charge is -2.31. The number of allylic oxidation sites excluding steroid dienone is 3. The number of nitrogens with one attached hydrogen (secondary N) is 2. The first-order valence-electron chi connectivity index (χ1n) is 18.2. The highest BCUT2D eigenvalue weighted by molar-refractivity contribution is 5.93. The predicted octanol–water partition coefficient (Wildman–Crippen LogP) is 2.69. The monoisotopic (exact) mass is 746 g/mol. The normalized spacial score (nSPS) is 26.8. The molecule has 1 saturated heterocycles. The number of rotatable bonds is 7. The fraction of sp³-hybridized carbons (Fsp3) is 0.500. The van der Waals surface area contributed by atoms with Crippen LogP contribution in [0.3, 0.4) is 0 Å². The number of hydrogen-bond acceptors (Lipinski definition) is 11. The van der Waals surface area contributed by atoms with Gasteiger partial charge in [-0.3, -0.25) is 28.8 Å². The quantitative estimate of drug-likeness (QED) is 0.399. The summed E-state index contributed by atoms with van der Waals surface area (Å²) in [5.41, 5.74) is 2.03. The van der Waals surface area contributed by atoms with Gasteiger partial charge < -0.3 is 25.0 Å². The number of pyridine rings is 1. The smallest absolute Gasteiger partial charge is 0.329 e. The summed E-state index contributed by atoms with van der Waals surface area (Å²) in [5, 5.41) is 13.9. The van der Waals surface area contributed by atoms with E-state index in [4.69, 9.17) is 9.47 Å². The Morgan fingerprint density at radius 2 is 2.00 bits per heavy atom. The van der Waals surface area contributed by atoms with Crippen LogP contribution in [-0.4, -0.2) is 111 Å². The maximum atomic E-state index is 14.8. The van der Waals surface area contributed by atoms with Gasteiger partial charge in [-0.1, -0.05) is 37.3 Å². The predicted molar refractivity (Wildman–Crippen MR) is 195 cm³/mol. The minimum atomic E-state index is -1.57. The Bertz CT molecular complexity index is 1790. The number of carbonyl (C=O) groups excluding carboxylic acids is 5. The fourth-order valence-electron chi connectivity index (χ4n) is 6.52.